The molecule has 0 spiro atoms. The molecule has 1 unspecified atom stereocenters. The minimum absolute atomic E-state index is 0.0123. The third-order valence-corrected chi connectivity index (χ3v) is 3.51. The Morgan fingerprint density at radius 2 is 1.94 bits per heavy atom. The first-order valence-corrected chi connectivity index (χ1v) is 6.58. The first-order valence-electron chi connectivity index (χ1n) is 6.58. The zero-order valence-electron chi connectivity index (χ0n) is 10.2. The van der Waals surface area contributed by atoms with Gasteiger partial charge in [-0.05, 0) is 31.2 Å². The third-order valence-electron chi connectivity index (χ3n) is 3.51. The highest BCUT2D eigenvalue weighted by molar-refractivity contribution is 5.15. The Morgan fingerprint density at radius 3 is 2.59 bits per heavy atom. The second kappa shape index (κ2) is 6.42. The van der Waals surface area contributed by atoms with E-state index in [0.717, 1.165) is 12.8 Å². The van der Waals surface area contributed by atoms with Crippen LogP contribution in [-0.4, -0.2) is 12.1 Å². The van der Waals surface area contributed by atoms with E-state index in [1.807, 2.05) is 6.07 Å². The summed E-state index contributed by atoms with van der Waals surface area (Å²) in [4.78, 5) is 0. The van der Waals surface area contributed by atoms with E-state index in [1.54, 1.807) is 0 Å². The second-order valence-electron chi connectivity index (χ2n) is 4.85. The van der Waals surface area contributed by atoms with Gasteiger partial charge in [-0.15, -0.1) is 0 Å². The van der Waals surface area contributed by atoms with Crippen molar-refractivity contribution in [2.75, 3.05) is 0 Å². The quantitative estimate of drug-likeness (QED) is 0.840. The van der Waals surface area contributed by atoms with Crippen molar-refractivity contribution < 1.29 is 0 Å². The van der Waals surface area contributed by atoms with E-state index in [0.29, 0.717) is 6.04 Å². The van der Waals surface area contributed by atoms with E-state index in [2.05, 4.69) is 35.7 Å². The molecule has 0 aliphatic heterocycles. The van der Waals surface area contributed by atoms with E-state index in [1.165, 1.54) is 31.2 Å². The van der Waals surface area contributed by atoms with Crippen LogP contribution in [0, 0.1) is 11.3 Å². The maximum Gasteiger partial charge on any atom is 0.0958 e. The lowest BCUT2D eigenvalue weighted by atomic mass is 10.1. The standard InChI is InChI=1S/C15H20N2/c16-12-15(17-14-8-4-5-9-14)11-10-13-6-2-1-3-7-13/h1-3,6-7,14-15,17H,4-5,8-11H2. The average molecular weight is 228 g/mol. The highest BCUT2D eigenvalue weighted by Gasteiger charge is 2.18. The lowest BCUT2D eigenvalue weighted by molar-refractivity contribution is 0.464. The van der Waals surface area contributed by atoms with Gasteiger partial charge in [0.2, 0.25) is 0 Å². The molecule has 1 saturated carbocycles. The van der Waals surface area contributed by atoms with E-state index >= 15 is 0 Å². The van der Waals surface area contributed by atoms with Crippen molar-refractivity contribution in [3.8, 4) is 6.07 Å². The molecule has 0 heterocycles. The molecule has 0 amide bonds. The molecule has 1 aromatic carbocycles. The normalized spacial score (nSPS) is 17.8. The van der Waals surface area contributed by atoms with Crippen LogP contribution in [0.25, 0.3) is 0 Å². The molecule has 1 atom stereocenters. The number of benzene rings is 1. The van der Waals surface area contributed by atoms with E-state index in [-0.39, 0.29) is 6.04 Å². The Bertz CT molecular complexity index is 360. The van der Waals surface area contributed by atoms with Gasteiger partial charge in [0.05, 0.1) is 12.1 Å². The number of nitriles is 1. The molecule has 0 bridgehead atoms. The van der Waals surface area contributed by atoms with Crippen LogP contribution in [0.5, 0.6) is 0 Å². The summed E-state index contributed by atoms with van der Waals surface area (Å²) in [5.41, 5.74) is 1.32. The molecule has 1 fully saturated rings. The molecular weight excluding hydrogens is 208 g/mol. The molecule has 0 aromatic heterocycles. The summed E-state index contributed by atoms with van der Waals surface area (Å²) in [6.07, 6.45) is 7.01. The molecule has 17 heavy (non-hydrogen) atoms. The van der Waals surface area contributed by atoms with Crippen LogP contribution in [0.2, 0.25) is 0 Å². The minimum Gasteiger partial charge on any atom is -0.299 e. The van der Waals surface area contributed by atoms with Crippen LogP contribution in [0.15, 0.2) is 30.3 Å². The van der Waals surface area contributed by atoms with Crippen molar-refractivity contribution in [2.24, 2.45) is 0 Å². The maximum atomic E-state index is 9.15. The van der Waals surface area contributed by atoms with Crippen LogP contribution >= 0.6 is 0 Å². The summed E-state index contributed by atoms with van der Waals surface area (Å²) < 4.78 is 0. The van der Waals surface area contributed by atoms with Crippen molar-refractivity contribution in [3.05, 3.63) is 35.9 Å². The fourth-order valence-corrected chi connectivity index (χ4v) is 2.52. The van der Waals surface area contributed by atoms with Crippen LogP contribution < -0.4 is 5.32 Å². The molecule has 2 nitrogen and oxygen atoms in total. The summed E-state index contributed by atoms with van der Waals surface area (Å²) in [6.45, 7) is 0. The van der Waals surface area contributed by atoms with E-state index in [4.69, 9.17) is 5.26 Å². The SMILES string of the molecule is N#CC(CCc1ccccc1)NC1CCCC1. The van der Waals surface area contributed by atoms with Crippen molar-refractivity contribution in [1.82, 2.24) is 5.32 Å². The lowest BCUT2D eigenvalue weighted by Gasteiger charge is -2.16. The zero-order valence-corrected chi connectivity index (χ0v) is 10.2. The third kappa shape index (κ3) is 3.87. The van der Waals surface area contributed by atoms with Gasteiger partial charge in [0, 0.05) is 6.04 Å². The predicted molar refractivity (Wildman–Crippen MR) is 69.6 cm³/mol. The van der Waals surface area contributed by atoms with E-state index in [9.17, 15) is 0 Å². The van der Waals surface area contributed by atoms with Crippen molar-refractivity contribution in [2.45, 2.75) is 50.6 Å². The van der Waals surface area contributed by atoms with Gasteiger partial charge in [0.25, 0.3) is 0 Å². The van der Waals surface area contributed by atoms with Gasteiger partial charge in [0.15, 0.2) is 0 Å². The second-order valence-corrected chi connectivity index (χ2v) is 4.85. The van der Waals surface area contributed by atoms with Crippen molar-refractivity contribution in [1.29, 1.82) is 5.26 Å². The molecule has 0 saturated heterocycles. The summed E-state index contributed by atoms with van der Waals surface area (Å²) in [5.74, 6) is 0. The van der Waals surface area contributed by atoms with Crippen LogP contribution in [0.4, 0.5) is 0 Å². The van der Waals surface area contributed by atoms with Crippen molar-refractivity contribution in [3.63, 3.8) is 0 Å². The summed E-state index contributed by atoms with van der Waals surface area (Å²) in [6, 6.07) is 13.4. The van der Waals surface area contributed by atoms with Crippen LogP contribution in [0.3, 0.4) is 0 Å². The average Bonchev–Trinajstić information content (AvgIpc) is 2.88. The molecule has 1 aliphatic rings. The Balaban J connectivity index is 1.77. The highest BCUT2D eigenvalue weighted by Crippen LogP contribution is 2.18. The monoisotopic (exact) mass is 228 g/mol. The molecule has 2 heteroatoms. The Hall–Kier alpha value is -1.33. The Labute approximate surface area is 104 Å². The van der Waals surface area contributed by atoms with Crippen LogP contribution in [-0.2, 0) is 6.42 Å². The Morgan fingerprint density at radius 1 is 1.24 bits per heavy atom. The van der Waals surface area contributed by atoms with Crippen molar-refractivity contribution >= 4 is 0 Å². The largest absolute Gasteiger partial charge is 0.299 e. The van der Waals surface area contributed by atoms with Gasteiger partial charge in [-0.3, -0.25) is 5.32 Å². The molecule has 2 rings (SSSR count). The van der Waals surface area contributed by atoms with Gasteiger partial charge in [-0.2, -0.15) is 5.26 Å². The number of nitrogens with zero attached hydrogens (tertiary/aromatic N) is 1. The molecule has 0 radical (unpaired) electrons. The first-order chi connectivity index (χ1) is 8.38. The van der Waals surface area contributed by atoms with Gasteiger partial charge in [0.1, 0.15) is 0 Å². The number of rotatable bonds is 5. The predicted octanol–water partition coefficient (Wildman–Crippen LogP) is 3.04. The molecule has 1 aliphatic carbocycles. The van der Waals surface area contributed by atoms with Gasteiger partial charge in [-0.1, -0.05) is 43.2 Å². The number of aryl methyl sites for hydroxylation is 1. The van der Waals surface area contributed by atoms with Gasteiger partial charge in [-0.25, -0.2) is 0 Å². The summed E-state index contributed by atoms with van der Waals surface area (Å²) >= 11 is 0. The number of hydrogen-bond donors (Lipinski definition) is 1. The first kappa shape index (κ1) is 12.1. The van der Waals surface area contributed by atoms with Crippen LogP contribution in [0.1, 0.15) is 37.7 Å². The highest BCUT2D eigenvalue weighted by atomic mass is 14.9. The maximum absolute atomic E-state index is 9.15. The molecule has 90 valence electrons. The van der Waals surface area contributed by atoms with E-state index < -0.39 is 0 Å². The summed E-state index contributed by atoms with van der Waals surface area (Å²) in [5, 5.41) is 12.6. The minimum atomic E-state index is 0.0123. The molecular formula is C15H20N2. The van der Waals surface area contributed by atoms with Gasteiger partial charge >= 0.3 is 0 Å². The fourth-order valence-electron chi connectivity index (χ4n) is 2.52. The fraction of sp³-hybridized carbons (Fsp3) is 0.533. The molecule has 1 aromatic rings. The number of hydrogen-bond acceptors (Lipinski definition) is 2. The molecule has 1 N–H and O–H groups in total. The topological polar surface area (TPSA) is 35.8 Å². The smallest absolute Gasteiger partial charge is 0.0958 e. The zero-order chi connectivity index (χ0) is 11.9. The Kier molecular flexibility index (Phi) is 4.58. The lowest BCUT2D eigenvalue weighted by Crippen LogP contribution is -2.35. The number of nitrogens with one attached hydrogen (secondary N) is 1. The summed E-state index contributed by atoms with van der Waals surface area (Å²) in [7, 11) is 0. The van der Waals surface area contributed by atoms with Gasteiger partial charge < -0.3 is 0 Å².